The summed E-state index contributed by atoms with van der Waals surface area (Å²) in [4.78, 5) is 0. The molecule has 11 heteroatoms. The Kier molecular flexibility index (Phi) is 8.87. The Labute approximate surface area is 190 Å². The number of halogens is 5. The molecule has 6 nitrogen and oxygen atoms in total. The Morgan fingerprint density at radius 1 is 1.30 bits per heavy atom. The van der Waals surface area contributed by atoms with Crippen molar-refractivity contribution >= 4 is 47.3 Å². The fourth-order valence-electron chi connectivity index (χ4n) is 3.79. The predicted molar refractivity (Wildman–Crippen MR) is 118 cm³/mol. The van der Waals surface area contributed by atoms with Gasteiger partial charge in [0, 0.05) is 34.8 Å². The van der Waals surface area contributed by atoms with E-state index in [0.29, 0.717) is 27.5 Å². The molecule has 0 aliphatic carbocycles. The van der Waals surface area contributed by atoms with Crippen molar-refractivity contribution in [2.24, 2.45) is 0 Å². The third-order valence-electron chi connectivity index (χ3n) is 5.22. The summed E-state index contributed by atoms with van der Waals surface area (Å²) in [5, 5.41) is 23.2. The highest BCUT2D eigenvalue weighted by molar-refractivity contribution is 6.31. The highest BCUT2D eigenvalue weighted by Gasteiger charge is 2.22. The molecular formula is C19H24Cl3F2N5O. The van der Waals surface area contributed by atoms with Gasteiger partial charge < -0.3 is 10.4 Å². The van der Waals surface area contributed by atoms with Gasteiger partial charge in [0.05, 0.1) is 17.8 Å². The van der Waals surface area contributed by atoms with Crippen LogP contribution in [-0.4, -0.2) is 43.4 Å². The van der Waals surface area contributed by atoms with Crippen molar-refractivity contribution < 1.29 is 13.9 Å². The molecule has 1 aromatic carbocycles. The topological polar surface area (TPSA) is 67.9 Å². The number of alkyl halides is 2. The average molecular weight is 483 g/mol. The molecule has 2 atom stereocenters. The van der Waals surface area contributed by atoms with Crippen molar-refractivity contribution in [2.45, 2.75) is 50.9 Å². The van der Waals surface area contributed by atoms with Crippen LogP contribution in [0.15, 0.2) is 30.6 Å². The molecule has 1 fully saturated rings. The molecule has 166 valence electrons. The number of hydrogen-bond donors (Lipinski definition) is 2. The van der Waals surface area contributed by atoms with Gasteiger partial charge in [0.1, 0.15) is 5.69 Å². The number of benzene rings is 1. The van der Waals surface area contributed by atoms with Gasteiger partial charge in [-0.2, -0.15) is 19.0 Å². The average Bonchev–Trinajstić information content (AvgIpc) is 3.28. The maximum Gasteiger partial charge on any atom is 0.333 e. The van der Waals surface area contributed by atoms with E-state index < -0.39 is 6.55 Å². The van der Waals surface area contributed by atoms with Gasteiger partial charge >= 0.3 is 6.55 Å². The second kappa shape index (κ2) is 10.7. The van der Waals surface area contributed by atoms with E-state index in [1.54, 1.807) is 12.1 Å². The molecular weight excluding hydrogens is 459 g/mol. The van der Waals surface area contributed by atoms with E-state index in [1.807, 2.05) is 10.7 Å². The monoisotopic (exact) mass is 481 g/mol. The Balaban J connectivity index is 0.00000160. The lowest BCUT2D eigenvalue weighted by Gasteiger charge is -2.28. The largest absolute Gasteiger partial charge is 0.392 e. The molecule has 2 aromatic heterocycles. The number of hydrogen-bond acceptors (Lipinski definition) is 4. The van der Waals surface area contributed by atoms with Crippen LogP contribution in [0, 0.1) is 0 Å². The summed E-state index contributed by atoms with van der Waals surface area (Å²) in [7, 11) is 0. The normalized spacial score (nSPS) is 19.0. The van der Waals surface area contributed by atoms with Crippen LogP contribution in [0.2, 0.25) is 5.02 Å². The smallest absolute Gasteiger partial charge is 0.333 e. The zero-order chi connectivity index (χ0) is 19.7. The summed E-state index contributed by atoms with van der Waals surface area (Å²) >= 11 is 6.15. The Morgan fingerprint density at radius 3 is 2.80 bits per heavy atom. The van der Waals surface area contributed by atoms with Crippen molar-refractivity contribution in [3.63, 3.8) is 0 Å². The lowest BCUT2D eigenvalue weighted by atomic mass is 9.97. The summed E-state index contributed by atoms with van der Waals surface area (Å²) in [6, 6.07) is 5.58. The number of aliphatic hydroxyl groups is 1. The van der Waals surface area contributed by atoms with Gasteiger partial charge in [0.25, 0.3) is 0 Å². The molecule has 0 radical (unpaired) electrons. The van der Waals surface area contributed by atoms with Crippen LogP contribution in [0.4, 0.5) is 8.78 Å². The number of rotatable bonds is 6. The standard InChI is InChI=1S/C19H22ClF2N5O.2ClH/c20-13-5-6-16-14(9-13)18(12-10-24-27(11-12)19(21)22)25-26(16)8-2-3-15-17(28)4-1-7-23-15;;/h5-6,9-11,15,17,19,23,28H,1-4,7-8H2;2*1H/t15-,17+;;/m1../s1. The van der Waals surface area contributed by atoms with Crippen molar-refractivity contribution in [2.75, 3.05) is 6.54 Å². The molecule has 0 spiro atoms. The predicted octanol–water partition coefficient (Wildman–Crippen LogP) is 4.69. The van der Waals surface area contributed by atoms with E-state index in [9.17, 15) is 13.9 Å². The minimum Gasteiger partial charge on any atom is -0.392 e. The third-order valence-corrected chi connectivity index (χ3v) is 5.46. The van der Waals surface area contributed by atoms with Gasteiger partial charge in [0.2, 0.25) is 0 Å². The molecule has 0 bridgehead atoms. The van der Waals surface area contributed by atoms with Crippen LogP contribution in [0.25, 0.3) is 22.2 Å². The molecule has 30 heavy (non-hydrogen) atoms. The lowest BCUT2D eigenvalue weighted by molar-refractivity contribution is 0.0566. The first kappa shape index (κ1) is 24.8. The molecule has 0 amide bonds. The van der Waals surface area contributed by atoms with Gasteiger partial charge in [-0.15, -0.1) is 24.8 Å². The molecule has 0 saturated carbocycles. The summed E-state index contributed by atoms with van der Waals surface area (Å²) in [6.07, 6.45) is 5.88. The van der Waals surface area contributed by atoms with E-state index in [-0.39, 0.29) is 37.0 Å². The van der Waals surface area contributed by atoms with Crippen LogP contribution in [0.1, 0.15) is 32.2 Å². The molecule has 1 aliphatic rings. The summed E-state index contributed by atoms with van der Waals surface area (Å²) in [6.45, 7) is -1.10. The van der Waals surface area contributed by atoms with Gasteiger partial charge in [-0.05, 0) is 50.4 Å². The first-order valence-electron chi connectivity index (χ1n) is 9.43. The quantitative estimate of drug-likeness (QED) is 0.535. The minimum absolute atomic E-state index is 0. The SMILES string of the molecule is Cl.Cl.O[C@H]1CCCN[C@@H]1CCCn1nc(-c2cnn(C(F)F)c2)c2cc(Cl)ccc21. The fraction of sp³-hybridized carbons (Fsp3) is 0.474. The Bertz CT molecular complexity index is 965. The van der Waals surface area contributed by atoms with Gasteiger partial charge in [0.15, 0.2) is 0 Å². The van der Waals surface area contributed by atoms with Crippen LogP contribution >= 0.6 is 36.4 Å². The third kappa shape index (κ3) is 5.23. The second-order valence-corrected chi connectivity index (χ2v) is 7.57. The van der Waals surface area contributed by atoms with E-state index in [2.05, 4.69) is 15.5 Å². The first-order chi connectivity index (χ1) is 13.5. The highest BCUT2D eigenvalue weighted by atomic mass is 35.5. The summed E-state index contributed by atoms with van der Waals surface area (Å²) < 4.78 is 28.2. The van der Waals surface area contributed by atoms with Gasteiger partial charge in [-0.1, -0.05) is 11.6 Å². The number of fused-ring (bicyclic) bond motifs is 1. The lowest BCUT2D eigenvalue weighted by Crippen LogP contribution is -2.44. The molecule has 3 heterocycles. The maximum atomic E-state index is 12.9. The number of aryl methyl sites for hydroxylation is 1. The number of aliphatic hydroxyl groups excluding tert-OH is 1. The molecule has 1 saturated heterocycles. The molecule has 0 unspecified atom stereocenters. The van der Waals surface area contributed by atoms with Crippen LogP contribution < -0.4 is 5.32 Å². The molecule has 4 rings (SSSR count). The van der Waals surface area contributed by atoms with Crippen molar-refractivity contribution in [1.29, 1.82) is 0 Å². The van der Waals surface area contributed by atoms with E-state index in [1.165, 1.54) is 12.4 Å². The van der Waals surface area contributed by atoms with Gasteiger partial charge in [-0.25, -0.2) is 4.68 Å². The van der Waals surface area contributed by atoms with Crippen LogP contribution in [0.5, 0.6) is 0 Å². The minimum atomic E-state index is -2.69. The van der Waals surface area contributed by atoms with Crippen molar-refractivity contribution in [3.8, 4) is 11.3 Å². The summed E-state index contributed by atoms with van der Waals surface area (Å²) in [5.74, 6) is 0. The number of nitrogens with one attached hydrogen (secondary N) is 1. The number of nitrogens with zero attached hydrogens (tertiary/aromatic N) is 4. The first-order valence-corrected chi connectivity index (χ1v) is 9.81. The van der Waals surface area contributed by atoms with E-state index >= 15 is 0 Å². The fourth-order valence-corrected chi connectivity index (χ4v) is 3.97. The van der Waals surface area contributed by atoms with Crippen molar-refractivity contribution in [1.82, 2.24) is 24.9 Å². The number of aromatic nitrogens is 4. The molecule has 3 aromatic rings. The molecule has 2 N–H and O–H groups in total. The zero-order valence-corrected chi connectivity index (χ0v) is 18.4. The zero-order valence-electron chi connectivity index (χ0n) is 16.0. The van der Waals surface area contributed by atoms with Gasteiger partial charge in [-0.3, -0.25) is 4.68 Å². The Hall–Kier alpha value is -1.45. The van der Waals surface area contributed by atoms with E-state index in [0.717, 1.165) is 43.1 Å². The highest BCUT2D eigenvalue weighted by Crippen LogP contribution is 2.31. The van der Waals surface area contributed by atoms with Crippen LogP contribution in [-0.2, 0) is 6.54 Å². The maximum absolute atomic E-state index is 12.9. The van der Waals surface area contributed by atoms with E-state index in [4.69, 9.17) is 11.6 Å². The van der Waals surface area contributed by atoms with Crippen LogP contribution in [0.3, 0.4) is 0 Å². The Morgan fingerprint density at radius 2 is 2.10 bits per heavy atom. The van der Waals surface area contributed by atoms with Crippen molar-refractivity contribution in [3.05, 3.63) is 35.6 Å². The second-order valence-electron chi connectivity index (χ2n) is 7.13. The molecule has 1 aliphatic heterocycles. The summed E-state index contributed by atoms with van der Waals surface area (Å²) in [5.41, 5.74) is 2.00. The number of piperidine rings is 1.